The van der Waals surface area contributed by atoms with Crippen LogP contribution in [0.3, 0.4) is 0 Å². The third-order valence-corrected chi connectivity index (χ3v) is 6.40. The molecule has 0 radical (unpaired) electrons. The van der Waals surface area contributed by atoms with Crippen LogP contribution >= 0.6 is 11.6 Å². The van der Waals surface area contributed by atoms with Crippen molar-refractivity contribution in [1.82, 2.24) is 5.43 Å². The van der Waals surface area contributed by atoms with Gasteiger partial charge in [-0.15, -0.1) is 0 Å². The zero-order chi connectivity index (χ0) is 24.9. The number of anilines is 1. The van der Waals surface area contributed by atoms with Crippen LogP contribution in [0.2, 0.25) is 5.02 Å². The number of halogens is 1. The lowest BCUT2D eigenvalue weighted by atomic mass is 10.1. The van der Waals surface area contributed by atoms with Gasteiger partial charge in [-0.05, 0) is 42.8 Å². The lowest BCUT2D eigenvalue weighted by Gasteiger charge is -2.23. The Labute approximate surface area is 201 Å². The molecule has 0 aromatic heterocycles. The molecular formula is C23H21ClN4O5S. The first-order valence-corrected chi connectivity index (χ1v) is 12.2. The molecule has 0 fully saturated rings. The molecule has 3 rings (SSSR count). The fraction of sp³-hybridized carbons (Fsp3) is 0.130. The van der Waals surface area contributed by atoms with Gasteiger partial charge in [0.05, 0.1) is 29.1 Å². The summed E-state index contributed by atoms with van der Waals surface area (Å²) in [5.74, 6) is -0.520. The number of nitrogens with zero attached hydrogens (tertiary/aromatic N) is 3. The molecule has 0 unspecified atom stereocenters. The smallest absolute Gasteiger partial charge is 0.267 e. The molecular weight excluding hydrogens is 480 g/mol. The third kappa shape index (κ3) is 6.18. The molecule has 0 aliphatic heterocycles. The summed E-state index contributed by atoms with van der Waals surface area (Å²) in [5.41, 5.74) is 4.47. The highest BCUT2D eigenvalue weighted by Gasteiger charge is 2.19. The predicted molar refractivity (Wildman–Crippen MR) is 132 cm³/mol. The van der Waals surface area contributed by atoms with Gasteiger partial charge in [0.25, 0.3) is 11.6 Å². The fourth-order valence-corrected chi connectivity index (χ4v) is 4.14. The van der Waals surface area contributed by atoms with Crippen molar-refractivity contribution in [2.45, 2.75) is 13.5 Å². The number of carbonyl (C=O) groups excluding carboxylic acids is 1. The number of non-ortho nitro benzene ring substituents is 1. The monoisotopic (exact) mass is 500 g/mol. The highest BCUT2D eigenvalue weighted by atomic mass is 35.5. The van der Waals surface area contributed by atoms with Gasteiger partial charge in [-0.3, -0.25) is 19.2 Å². The quantitative estimate of drug-likeness (QED) is 0.279. The molecule has 0 bridgehead atoms. The van der Waals surface area contributed by atoms with Crippen molar-refractivity contribution in [2.24, 2.45) is 5.10 Å². The standard InChI is InChI=1S/C23H21ClN4O5S/c1-16(18-7-5-8-21(14-18)28(30)31)25-26-23(29)17-10-12-20(13-11-17)27(34(2,32)33)15-19-6-3-4-9-22(19)24/h3-14H,15H2,1-2H3,(H,26,29)/b25-16-. The SMILES string of the molecule is C/C(=N/NC(=O)c1ccc(N(Cc2ccccc2Cl)S(C)(=O)=O)cc1)c1cccc([N+](=O)[O-])c1. The van der Waals surface area contributed by atoms with E-state index in [0.29, 0.717) is 27.5 Å². The first-order valence-electron chi connectivity index (χ1n) is 9.97. The van der Waals surface area contributed by atoms with Crippen LogP contribution in [0.15, 0.2) is 77.9 Å². The molecule has 3 aromatic rings. The van der Waals surface area contributed by atoms with Crippen LogP contribution in [0, 0.1) is 10.1 Å². The van der Waals surface area contributed by atoms with Crippen LogP contribution in [-0.4, -0.2) is 31.2 Å². The number of benzene rings is 3. The summed E-state index contributed by atoms with van der Waals surface area (Å²) >= 11 is 6.18. The van der Waals surface area contributed by atoms with Gasteiger partial charge in [-0.25, -0.2) is 13.8 Å². The number of nitro groups is 1. The number of hydrazone groups is 1. The number of nitro benzene ring substituents is 1. The second kappa shape index (κ2) is 10.4. The Morgan fingerprint density at radius 2 is 1.74 bits per heavy atom. The Bertz CT molecular complexity index is 1360. The van der Waals surface area contributed by atoms with Crippen LogP contribution in [0.1, 0.15) is 28.4 Å². The Morgan fingerprint density at radius 1 is 1.06 bits per heavy atom. The summed E-state index contributed by atoms with van der Waals surface area (Å²) in [6, 6.07) is 18.8. The van der Waals surface area contributed by atoms with Gasteiger partial charge < -0.3 is 0 Å². The van der Waals surface area contributed by atoms with Gasteiger partial charge in [0.15, 0.2) is 0 Å². The maximum absolute atomic E-state index is 12.5. The van der Waals surface area contributed by atoms with Crippen LogP contribution < -0.4 is 9.73 Å². The molecule has 34 heavy (non-hydrogen) atoms. The van der Waals surface area contributed by atoms with E-state index >= 15 is 0 Å². The van der Waals surface area contributed by atoms with E-state index in [0.717, 1.165) is 6.26 Å². The number of hydrogen-bond acceptors (Lipinski definition) is 6. The predicted octanol–water partition coefficient (Wildman–Crippen LogP) is 4.37. The van der Waals surface area contributed by atoms with E-state index in [-0.39, 0.29) is 17.8 Å². The molecule has 9 nitrogen and oxygen atoms in total. The second-order valence-corrected chi connectivity index (χ2v) is 9.67. The van der Waals surface area contributed by atoms with Crippen molar-refractivity contribution in [1.29, 1.82) is 0 Å². The number of amides is 1. The van der Waals surface area contributed by atoms with E-state index in [1.54, 1.807) is 37.3 Å². The van der Waals surface area contributed by atoms with E-state index in [2.05, 4.69) is 10.5 Å². The second-order valence-electron chi connectivity index (χ2n) is 7.35. The Hall–Kier alpha value is -3.76. The maximum Gasteiger partial charge on any atom is 0.271 e. The minimum Gasteiger partial charge on any atom is -0.267 e. The molecule has 0 atom stereocenters. The summed E-state index contributed by atoms with van der Waals surface area (Å²) in [7, 11) is -3.62. The van der Waals surface area contributed by atoms with Crippen LogP contribution in [-0.2, 0) is 16.6 Å². The molecule has 0 saturated carbocycles. The Morgan fingerprint density at radius 3 is 2.35 bits per heavy atom. The van der Waals surface area contributed by atoms with E-state index in [1.807, 2.05) is 0 Å². The van der Waals surface area contributed by atoms with Gasteiger partial charge in [-0.1, -0.05) is 41.9 Å². The molecule has 0 spiro atoms. The summed E-state index contributed by atoms with van der Waals surface area (Å²) in [4.78, 5) is 22.9. The average Bonchev–Trinajstić information content (AvgIpc) is 2.81. The van der Waals surface area contributed by atoms with Crippen LogP contribution in [0.25, 0.3) is 0 Å². The summed E-state index contributed by atoms with van der Waals surface area (Å²) in [5, 5.41) is 15.4. The third-order valence-electron chi connectivity index (χ3n) is 4.89. The maximum atomic E-state index is 12.5. The lowest BCUT2D eigenvalue weighted by Crippen LogP contribution is -2.29. The molecule has 0 heterocycles. The number of sulfonamides is 1. The van der Waals surface area contributed by atoms with Crippen molar-refractivity contribution in [3.05, 3.63) is 105 Å². The first-order chi connectivity index (χ1) is 16.1. The van der Waals surface area contributed by atoms with Crippen molar-refractivity contribution in [3.63, 3.8) is 0 Å². The zero-order valence-electron chi connectivity index (χ0n) is 18.3. The zero-order valence-corrected chi connectivity index (χ0v) is 19.9. The molecule has 1 N–H and O–H groups in total. The Balaban J connectivity index is 1.76. The normalized spacial score (nSPS) is 11.7. The Kier molecular flexibility index (Phi) is 7.64. The van der Waals surface area contributed by atoms with E-state index in [9.17, 15) is 23.3 Å². The van der Waals surface area contributed by atoms with Gasteiger partial charge in [0, 0.05) is 28.3 Å². The van der Waals surface area contributed by atoms with Crippen molar-refractivity contribution < 1.29 is 18.1 Å². The molecule has 176 valence electrons. The number of rotatable bonds is 8. The van der Waals surface area contributed by atoms with Crippen molar-refractivity contribution >= 4 is 44.6 Å². The summed E-state index contributed by atoms with van der Waals surface area (Å²) in [6.07, 6.45) is 1.09. The molecule has 3 aromatic carbocycles. The van der Waals surface area contributed by atoms with Crippen LogP contribution in [0.4, 0.5) is 11.4 Å². The largest absolute Gasteiger partial charge is 0.271 e. The van der Waals surface area contributed by atoms with E-state index in [1.165, 1.54) is 46.8 Å². The minimum absolute atomic E-state index is 0.0384. The van der Waals surface area contributed by atoms with Gasteiger partial charge in [0.2, 0.25) is 10.0 Å². The van der Waals surface area contributed by atoms with Gasteiger partial charge >= 0.3 is 0 Å². The van der Waals surface area contributed by atoms with E-state index < -0.39 is 20.9 Å². The van der Waals surface area contributed by atoms with Gasteiger partial charge in [0.1, 0.15) is 0 Å². The number of carbonyl (C=O) groups is 1. The fourth-order valence-electron chi connectivity index (χ4n) is 3.07. The number of nitrogens with one attached hydrogen (secondary N) is 1. The number of hydrogen-bond donors (Lipinski definition) is 1. The topological polar surface area (TPSA) is 122 Å². The van der Waals surface area contributed by atoms with Gasteiger partial charge in [-0.2, -0.15) is 5.10 Å². The highest BCUT2D eigenvalue weighted by molar-refractivity contribution is 7.92. The summed E-state index contributed by atoms with van der Waals surface area (Å²) in [6.45, 7) is 1.65. The first kappa shape index (κ1) is 24.9. The van der Waals surface area contributed by atoms with E-state index in [4.69, 9.17) is 11.6 Å². The van der Waals surface area contributed by atoms with Crippen molar-refractivity contribution in [3.8, 4) is 0 Å². The lowest BCUT2D eigenvalue weighted by molar-refractivity contribution is -0.384. The van der Waals surface area contributed by atoms with Crippen molar-refractivity contribution in [2.75, 3.05) is 10.6 Å². The molecule has 1 amide bonds. The molecule has 11 heteroatoms. The minimum atomic E-state index is -3.62. The summed E-state index contributed by atoms with van der Waals surface area (Å²) < 4.78 is 26.0. The highest BCUT2D eigenvalue weighted by Crippen LogP contribution is 2.24. The molecule has 0 saturated heterocycles. The average molecular weight is 501 g/mol. The molecule has 0 aliphatic rings. The molecule has 0 aliphatic carbocycles. The van der Waals surface area contributed by atoms with Crippen LogP contribution in [0.5, 0.6) is 0 Å².